The van der Waals surface area contributed by atoms with E-state index in [2.05, 4.69) is 11.8 Å². The molecule has 1 saturated heterocycles. The number of likely N-dealkylation sites (N-methyl/N-ethyl adjacent to an activating group) is 2. The molecule has 1 fully saturated rings. The molecule has 0 aliphatic carbocycles. The minimum atomic E-state index is 0.164. The van der Waals surface area contributed by atoms with E-state index in [1.165, 1.54) is 0 Å². The Hall–Kier alpha value is -0.570. The fourth-order valence-corrected chi connectivity index (χ4v) is 1.62. The van der Waals surface area contributed by atoms with Gasteiger partial charge in [0.05, 0.1) is 0 Å². The van der Waals surface area contributed by atoms with Crippen molar-refractivity contribution in [1.29, 1.82) is 0 Å². The summed E-state index contributed by atoms with van der Waals surface area (Å²) in [4.78, 5) is 15.7. The predicted octanol–water partition coefficient (Wildman–Crippen LogP) is 0.416. The Morgan fingerprint density at radius 2 is 2.17 bits per heavy atom. The van der Waals surface area contributed by atoms with Gasteiger partial charge in [0, 0.05) is 32.6 Å². The molecule has 12 heavy (non-hydrogen) atoms. The highest BCUT2D eigenvalue weighted by molar-refractivity contribution is 5.78. The normalized spacial score (nSPS) is 27.4. The van der Waals surface area contributed by atoms with Crippen molar-refractivity contribution in [3.05, 3.63) is 0 Å². The average Bonchev–Trinajstić information content (AvgIpc) is 2.19. The number of nitrogens with zero attached hydrogens (tertiary/aromatic N) is 2. The molecule has 0 aromatic rings. The number of amides is 1. The van der Waals surface area contributed by atoms with Gasteiger partial charge in [-0.25, -0.2) is 0 Å². The highest BCUT2D eigenvalue weighted by atomic mass is 16.2. The fourth-order valence-electron chi connectivity index (χ4n) is 1.62. The number of carbonyl (C=O) groups excluding carboxylic acids is 1. The molecule has 0 bridgehead atoms. The van der Waals surface area contributed by atoms with Crippen molar-refractivity contribution in [2.45, 2.75) is 13.8 Å². The lowest BCUT2D eigenvalue weighted by molar-refractivity contribution is -0.132. The lowest BCUT2D eigenvalue weighted by Gasteiger charge is -2.17. The lowest BCUT2D eigenvalue weighted by atomic mass is 10.1. The smallest absolute Gasteiger partial charge is 0.226 e. The zero-order chi connectivity index (χ0) is 9.14. The second-order valence-corrected chi connectivity index (χ2v) is 3.55. The standard InChI is InChI=1S/C9H18N2O/c1-4-11-6-5-10(3)9(12)8(2)7-11/h8H,4-7H2,1-3H3/t8-/m0/s1. The zero-order valence-corrected chi connectivity index (χ0v) is 8.21. The summed E-state index contributed by atoms with van der Waals surface area (Å²) in [6.45, 7) is 8.00. The van der Waals surface area contributed by atoms with Gasteiger partial charge in [0.1, 0.15) is 0 Å². The molecule has 0 spiro atoms. The van der Waals surface area contributed by atoms with Crippen LogP contribution in [0.5, 0.6) is 0 Å². The molecule has 3 heteroatoms. The molecule has 0 aromatic carbocycles. The van der Waals surface area contributed by atoms with Crippen LogP contribution in [-0.4, -0.2) is 48.9 Å². The van der Waals surface area contributed by atoms with E-state index in [1.54, 1.807) is 0 Å². The van der Waals surface area contributed by atoms with E-state index < -0.39 is 0 Å². The van der Waals surface area contributed by atoms with E-state index in [0.29, 0.717) is 0 Å². The van der Waals surface area contributed by atoms with Gasteiger partial charge in [-0.3, -0.25) is 4.79 Å². The van der Waals surface area contributed by atoms with Crippen molar-refractivity contribution >= 4 is 5.91 Å². The summed E-state index contributed by atoms with van der Waals surface area (Å²) in [5.74, 6) is 0.448. The maximum atomic E-state index is 11.5. The summed E-state index contributed by atoms with van der Waals surface area (Å²) >= 11 is 0. The van der Waals surface area contributed by atoms with Crippen molar-refractivity contribution in [2.75, 3.05) is 33.2 Å². The van der Waals surface area contributed by atoms with Gasteiger partial charge in [0.15, 0.2) is 0 Å². The van der Waals surface area contributed by atoms with Gasteiger partial charge < -0.3 is 9.80 Å². The average molecular weight is 170 g/mol. The number of carbonyl (C=O) groups is 1. The maximum Gasteiger partial charge on any atom is 0.226 e. The summed E-state index contributed by atoms with van der Waals surface area (Å²) in [5.41, 5.74) is 0. The summed E-state index contributed by atoms with van der Waals surface area (Å²) < 4.78 is 0. The van der Waals surface area contributed by atoms with Crippen molar-refractivity contribution in [3.8, 4) is 0 Å². The molecule has 1 amide bonds. The first kappa shape index (κ1) is 9.52. The van der Waals surface area contributed by atoms with Crippen LogP contribution in [0, 0.1) is 5.92 Å². The Balaban J connectivity index is 2.59. The van der Waals surface area contributed by atoms with E-state index in [4.69, 9.17) is 0 Å². The molecular formula is C9H18N2O. The number of hydrogen-bond donors (Lipinski definition) is 0. The van der Waals surface area contributed by atoms with Crippen molar-refractivity contribution < 1.29 is 4.79 Å². The Bertz CT molecular complexity index is 170. The monoisotopic (exact) mass is 170 g/mol. The van der Waals surface area contributed by atoms with Gasteiger partial charge >= 0.3 is 0 Å². The molecule has 1 aliphatic rings. The maximum absolute atomic E-state index is 11.5. The molecular weight excluding hydrogens is 152 g/mol. The van der Waals surface area contributed by atoms with Crippen LogP contribution < -0.4 is 0 Å². The predicted molar refractivity (Wildman–Crippen MR) is 48.9 cm³/mol. The molecule has 1 heterocycles. The molecule has 1 atom stereocenters. The topological polar surface area (TPSA) is 23.6 Å². The first-order chi connectivity index (χ1) is 5.65. The van der Waals surface area contributed by atoms with Gasteiger partial charge in [0.25, 0.3) is 0 Å². The van der Waals surface area contributed by atoms with E-state index in [-0.39, 0.29) is 11.8 Å². The molecule has 0 radical (unpaired) electrons. The summed E-state index contributed by atoms with van der Waals surface area (Å²) in [7, 11) is 1.89. The molecule has 0 saturated carbocycles. The molecule has 1 rings (SSSR count). The quantitative estimate of drug-likeness (QED) is 0.569. The summed E-state index contributed by atoms with van der Waals surface area (Å²) in [6, 6.07) is 0. The van der Waals surface area contributed by atoms with Crippen LogP contribution in [0.3, 0.4) is 0 Å². The van der Waals surface area contributed by atoms with Crippen molar-refractivity contribution in [1.82, 2.24) is 9.80 Å². The molecule has 1 aliphatic heterocycles. The zero-order valence-electron chi connectivity index (χ0n) is 8.21. The molecule has 0 aromatic heterocycles. The Labute approximate surface area is 74.3 Å². The second kappa shape index (κ2) is 3.90. The van der Waals surface area contributed by atoms with Gasteiger partial charge in [-0.1, -0.05) is 13.8 Å². The largest absolute Gasteiger partial charge is 0.344 e. The van der Waals surface area contributed by atoms with Crippen LogP contribution in [-0.2, 0) is 4.79 Å². The first-order valence-corrected chi connectivity index (χ1v) is 4.62. The third-order valence-corrected chi connectivity index (χ3v) is 2.53. The van der Waals surface area contributed by atoms with Crippen LogP contribution in [0.25, 0.3) is 0 Å². The highest BCUT2D eigenvalue weighted by Gasteiger charge is 2.23. The van der Waals surface area contributed by atoms with Gasteiger partial charge in [-0.15, -0.1) is 0 Å². The van der Waals surface area contributed by atoms with Gasteiger partial charge in [0.2, 0.25) is 5.91 Å². The van der Waals surface area contributed by atoms with Crippen LogP contribution in [0.15, 0.2) is 0 Å². The Kier molecular flexibility index (Phi) is 3.09. The molecule has 0 N–H and O–H groups in total. The highest BCUT2D eigenvalue weighted by Crippen LogP contribution is 2.08. The van der Waals surface area contributed by atoms with Crippen molar-refractivity contribution in [3.63, 3.8) is 0 Å². The summed E-state index contributed by atoms with van der Waals surface area (Å²) in [6.07, 6.45) is 0. The van der Waals surface area contributed by atoms with Crippen LogP contribution in [0.1, 0.15) is 13.8 Å². The van der Waals surface area contributed by atoms with Crippen molar-refractivity contribution in [2.24, 2.45) is 5.92 Å². The SMILES string of the molecule is CCN1CCN(C)C(=O)[C@@H](C)C1. The minimum Gasteiger partial charge on any atom is -0.344 e. The van der Waals surface area contributed by atoms with E-state index in [9.17, 15) is 4.79 Å². The summed E-state index contributed by atoms with van der Waals surface area (Å²) in [5, 5.41) is 0. The van der Waals surface area contributed by atoms with E-state index in [0.717, 1.165) is 26.2 Å². The van der Waals surface area contributed by atoms with Crippen LogP contribution in [0.2, 0.25) is 0 Å². The van der Waals surface area contributed by atoms with Crippen LogP contribution in [0.4, 0.5) is 0 Å². The molecule has 70 valence electrons. The van der Waals surface area contributed by atoms with E-state index >= 15 is 0 Å². The molecule has 3 nitrogen and oxygen atoms in total. The van der Waals surface area contributed by atoms with E-state index in [1.807, 2.05) is 18.9 Å². The van der Waals surface area contributed by atoms with Crippen LogP contribution >= 0.6 is 0 Å². The fraction of sp³-hybridized carbons (Fsp3) is 0.889. The number of rotatable bonds is 1. The number of hydrogen-bond acceptors (Lipinski definition) is 2. The lowest BCUT2D eigenvalue weighted by Crippen LogP contribution is -2.31. The Morgan fingerprint density at radius 3 is 2.75 bits per heavy atom. The van der Waals surface area contributed by atoms with Gasteiger partial charge in [-0.05, 0) is 6.54 Å². The Morgan fingerprint density at radius 1 is 1.50 bits per heavy atom. The third kappa shape index (κ3) is 1.97. The van der Waals surface area contributed by atoms with Gasteiger partial charge in [-0.2, -0.15) is 0 Å². The minimum absolute atomic E-state index is 0.164. The third-order valence-electron chi connectivity index (χ3n) is 2.53. The first-order valence-electron chi connectivity index (χ1n) is 4.62. The second-order valence-electron chi connectivity index (χ2n) is 3.55. The molecule has 0 unspecified atom stereocenters.